The van der Waals surface area contributed by atoms with Crippen LogP contribution in [-0.2, 0) is 4.57 Å². The van der Waals surface area contributed by atoms with Crippen LogP contribution in [-0.4, -0.2) is 9.79 Å². The minimum atomic E-state index is -4.14. The molecular weight excluding hydrogens is 188 g/mol. The van der Waals surface area contributed by atoms with Gasteiger partial charge in [0.15, 0.2) is 0 Å². The molecule has 0 amide bonds. The Morgan fingerprint density at radius 2 is 1.75 bits per heavy atom. The molecule has 0 radical (unpaired) electrons. The molecule has 12 heavy (non-hydrogen) atoms. The Bertz CT molecular complexity index is 278. The van der Waals surface area contributed by atoms with Crippen molar-refractivity contribution in [2.45, 2.75) is 0 Å². The number of benzene rings is 1. The summed E-state index contributed by atoms with van der Waals surface area (Å²) >= 11 is 0. The molecule has 0 aliphatic rings. The van der Waals surface area contributed by atoms with Gasteiger partial charge in [0.1, 0.15) is 0 Å². The van der Waals surface area contributed by atoms with E-state index < -0.39 is 7.75 Å². The fourth-order valence-corrected chi connectivity index (χ4v) is 1.17. The first-order valence-electron chi connectivity index (χ1n) is 2.97. The molecule has 6 heteroatoms. The smallest absolute Gasteiger partial charge is 1.00 e. The third kappa shape index (κ3) is 4.93. The fourth-order valence-electron chi connectivity index (χ4n) is 0.681. The molecule has 62 valence electrons. The van der Waals surface area contributed by atoms with Gasteiger partial charge in [-0.25, -0.2) is 4.57 Å². The van der Waals surface area contributed by atoms with Gasteiger partial charge >= 0.3 is 37.3 Å². The van der Waals surface area contributed by atoms with Crippen molar-refractivity contribution in [3.8, 4) is 0 Å². The van der Waals surface area contributed by atoms with E-state index in [-0.39, 0.29) is 31.0 Å². The zero-order chi connectivity index (χ0) is 8.32. The molecule has 0 saturated heterocycles. The average Bonchev–Trinajstić information content (AvgIpc) is 1.85. The van der Waals surface area contributed by atoms with Crippen LogP contribution in [0.15, 0.2) is 30.3 Å². The van der Waals surface area contributed by atoms with Crippen molar-refractivity contribution in [3.63, 3.8) is 0 Å². The number of hydrogen-bond donors (Lipinski definition) is 3. The molecule has 0 bridgehead atoms. The molecule has 0 spiro atoms. The molecule has 0 saturated carbocycles. The van der Waals surface area contributed by atoms with Gasteiger partial charge in [0.05, 0.1) is 0 Å². The van der Waals surface area contributed by atoms with Gasteiger partial charge in [-0.15, -0.1) is 0 Å². The Morgan fingerprint density at radius 1 is 1.25 bits per heavy atom. The predicted molar refractivity (Wildman–Crippen MR) is 43.2 cm³/mol. The normalized spacial score (nSPS) is 10.2. The summed E-state index contributed by atoms with van der Waals surface area (Å²) in [4.78, 5) is 16.9. The summed E-state index contributed by atoms with van der Waals surface area (Å²) in [7, 11) is -4.14. The molecule has 0 aromatic heterocycles. The summed E-state index contributed by atoms with van der Waals surface area (Å²) in [5, 5.41) is 2.05. The van der Waals surface area contributed by atoms with Crippen molar-refractivity contribution < 1.29 is 45.3 Å². The van der Waals surface area contributed by atoms with Crippen molar-refractivity contribution in [2.75, 3.05) is 5.09 Å². The monoisotopic (exact) mass is 197 g/mol. The molecule has 0 aliphatic heterocycles. The Balaban J connectivity index is 0. The molecular formula is C6H9NNaO3P. The van der Waals surface area contributed by atoms with Crippen LogP contribution < -0.4 is 34.6 Å². The van der Waals surface area contributed by atoms with Crippen LogP contribution in [0.3, 0.4) is 0 Å². The van der Waals surface area contributed by atoms with E-state index in [4.69, 9.17) is 9.79 Å². The van der Waals surface area contributed by atoms with Crippen LogP contribution in [0.5, 0.6) is 0 Å². The molecule has 0 aliphatic carbocycles. The molecule has 0 heterocycles. The zero-order valence-corrected chi connectivity index (χ0v) is 9.53. The van der Waals surface area contributed by atoms with Crippen LogP contribution in [0, 0.1) is 0 Å². The Morgan fingerprint density at radius 3 is 2.17 bits per heavy atom. The predicted octanol–water partition coefficient (Wildman–Crippen LogP) is -1.69. The molecule has 1 rings (SSSR count). The van der Waals surface area contributed by atoms with Gasteiger partial charge in [-0.1, -0.05) is 18.2 Å². The molecule has 1 aromatic carbocycles. The van der Waals surface area contributed by atoms with Crippen LogP contribution in [0.4, 0.5) is 5.69 Å². The molecule has 1 aromatic rings. The summed E-state index contributed by atoms with van der Waals surface area (Å²) in [6.07, 6.45) is 0. The van der Waals surface area contributed by atoms with E-state index >= 15 is 0 Å². The van der Waals surface area contributed by atoms with E-state index in [1.54, 1.807) is 30.3 Å². The minimum Gasteiger partial charge on any atom is -1.00 e. The molecule has 0 fully saturated rings. The molecule has 0 unspecified atom stereocenters. The van der Waals surface area contributed by atoms with E-state index in [9.17, 15) is 4.57 Å². The summed E-state index contributed by atoms with van der Waals surface area (Å²) in [6, 6.07) is 8.32. The van der Waals surface area contributed by atoms with Crippen molar-refractivity contribution in [2.24, 2.45) is 0 Å². The zero-order valence-electron chi connectivity index (χ0n) is 7.64. The number of anilines is 1. The van der Waals surface area contributed by atoms with E-state index in [1.807, 2.05) is 5.09 Å². The first kappa shape index (κ1) is 12.2. The topological polar surface area (TPSA) is 69.6 Å². The van der Waals surface area contributed by atoms with Gasteiger partial charge < -0.3 is 11.2 Å². The largest absolute Gasteiger partial charge is 1.00 e. The Labute approximate surface area is 94.0 Å². The van der Waals surface area contributed by atoms with E-state index in [0.29, 0.717) is 5.69 Å². The van der Waals surface area contributed by atoms with Gasteiger partial charge in [-0.2, -0.15) is 0 Å². The van der Waals surface area contributed by atoms with Crippen molar-refractivity contribution in [1.82, 2.24) is 0 Å². The van der Waals surface area contributed by atoms with Gasteiger partial charge in [-0.05, 0) is 12.1 Å². The minimum absolute atomic E-state index is 0. The standard InChI is InChI=1S/C6H8NO3P.Na.H/c8-11(9,10)7-6-4-2-1-3-5-6;;/h1-5H,(H3,7,8,9,10);;/q;+1;-1. The maximum Gasteiger partial charge on any atom is 1.00 e. The summed E-state index contributed by atoms with van der Waals surface area (Å²) in [6.45, 7) is 0. The third-order valence-corrected chi connectivity index (χ3v) is 1.60. The SMILES string of the molecule is O=P(O)(O)Nc1ccccc1.[H-].[Na+]. The number of para-hydroxylation sites is 1. The van der Waals surface area contributed by atoms with Crippen molar-refractivity contribution in [1.29, 1.82) is 0 Å². The maximum absolute atomic E-state index is 10.4. The van der Waals surface area contributed by atoms with Crippen molar-refractivity contribution in [3.05, 3.63) is 30.3 Å². The van der Waals surface area contributed by atoms with Gasteiger partial charge in [0.25, 0.3) is 0 Å². The van der Waals surface area contributed by atoms with Crippen LogP contribution in [0.2, 0.25) is 0 Å². The van der Waals surface area contributed by atoms with E-state index in [1.165, 1.54) is 0 Å². The first-order chi connectivity index (χ1) is 5.08. The third-order valence-electron chi connectivity index (χ3n) is 1.05. The van der Waals surface area contributed by atoms with Gasteiger partial charge in [0, 0.05) is 5.69 Å². The van der Waals surface area contributed by atoms with Gasteiger partial charge in [-0.3, -0.25) is 5.09 Å². The molecule has 3 N–H and O–H groups in total. The van der Waals surface area contributed by atoms with E-state index in [0.717, 1.165) is 0 Å². The van der Waals surface area contributed by atoms with E-state index in [2.05, 4.69) is 0 Å². The number of hydrogen-bond acceptors (Lipinski definition) is 1. The molecule has 4 nitrogen and oxygen atoms in total. The van der Waals surface area contributed by atoms with Crippen LogP contribution >= 0.6 is 7.75 Å². The number of nitrogens with one attached hydrogen (secondary N) is 1. The summed E-state index contributed by atoms with van der Waals surface area (Å²) in [5.41, 5.74) is 0.417. The Kier molecular flexibility index (Phi) is 5.09. The second kappa shape index (κ2) is 5.02. The fraction of sp³-hybridized carbons (Fsp3) is 0. The number of rotatable bonds is 2. The molecule has 0 atom stereocenters. The van der Waals surface area contributed by atoms with Crippen LogP contribution in [0.1, 0.15) is 1.43 Å². The summed E-state index contributed by atoms with van der Waals surface area (Å²) in [5.74, 6) is 0. The van der Waals surface area contributed by atoms with Crippen molar-refractivity contribution >= 4 is 13.4 Å². The summed E-state index contributed by atoms with van der Waals surface area (Å²) < 4.78 is 10.4. The second-order valence-electron chi connectivity index (χ2n) is 2.02. The van der Waals surface area contributed by atoms with Gasteiger partial charge in [0.2, 0.25) is 0 Å². The quantitative estimate of drug-likeness (QED) is 0.390. The first-order valence-corrected chi connectivity index (χ1v) is 4.58. The maximum atomic E-state index is 10.4. The Hall–Kier alpha value is 0.170. The van der Waals surface area contributed by atoms with Crippen LogP contribution in [0.25, 0.3) is 0 Å². The second-order valence-corrected chi connectivity index (χ2v) is 3.33. The average molecular weight is 197 g/mol.